The second-order valence-corrected chi connectivity index (χ2v) is 5.61. The standard InChI is InChI=1S/C15H22N4O2/c1-11(2)17-15(21)19-9-3-4-12(10-19)14(20)18-13-5-7-16-8-6-13/h5-8,11-12H,3-4,9-10H2,1-2H3,(H,17,21)(H,16,18,20)/t12-/m0/s1. The lowest BCUT2D eigenvalue weighted by Gasteiger charge is -2.32. The normalized spacial score (nSPS) is 18.4. The highest BCUT2D eigenvalue weighted by atomic mass is 16.2. The molecule has 0 radical (unpaired) electrons. The van der Waals surface area contributed by atoms with Crippen molar-refractivity contribution in [1.29, 1.82) is 0 Å². The van der Waals surface area contributed by atoms with Crippen LogP contribution in [-0.4, -0.2) is 41.0 Å². The first-order chi connectivity index (χ1) is 10.1. The van der Waals surface area contributed by atoms with Crippen LogP contribution in [0.25, 0.3) is 0 Å². The van der Waals surface area contributed by atoms with Crippen LogP contribution in [0.4, 0.5) is 10.5 Å². The van der Waals surface area contributed by atoms with Gasteiger partial charge in [-0.1, -0.05) is 0 Å². The van der Waals surface area contributed by atoms with Crippen LogP contribution in [0.3, 0.4) is 0 Å². The molecule has 0 saturated carbocycles. The van der Waals surface area contributed by atoms with Crippen molar-refractivity contribution in [2.24, 2.45) is 5.92 Å². The highest BCUT2D eigenvalue weighted by molar-refractivity contribution is 5.93. The number of hydrogen-bond acceptors (Lipinski definition) is 3. The topological polar surface area (TPSA) is 74.3 Å². The monoisotopic (exact) mass is 290 g/mol. The van der Waals surface area contributed by atoms with Gasteiger partial charge in [-0.05, 0) is 38.8 Å². The summed E-state index contributed by atoms with van der Waals surface area (Å²) >= 11 is 0. The number of carbonyl (C=O) groups excluding carboxylic acids is 2. The maximum atomic E-state index is 12.3. The average Bonchev–Trinajstić information content (AvgIpc) is 2.47. The summed E-state index contributed by atoms with van der Waals surface area (Å²) in [5, 5.41) is 5.74. The molecule has 0 spiro atoms. The van der Waals surface area contributed by atoms with Gasteiger partial charge in [-0.25, -0.2) is 4.79 Å². The molecule has 3 amide bonds. The number of pyridine rings is 1. The fraction of sp³-hybridized carbons (Fsp3) is 0.533. The molecule has 0 aromatic carbocycles. The van der Waals surface area contributed by atoms with E-state index in [9.17, 15) is 9.59 Å². The van der Waals surface area contributed by atoms with E-state index in [-0.39, 0.29) is 23.9 Å². The van der Waals surface area contributed by atoms with Crippen LogP contribution in [0.1, 0.15) is 26.7 Å². The molecule has 2 N–H and O–H groups in total. The summed E-state index contributed by atoms with van der Waals surface area (Å²) < 4.78 is 0. The number of anilines is 1. The number of amides is 3. The summed E-state index contributed by atoms with van der Waals surface area (Å²) in [5.41, 5.74) is 0.735. The fourth-order valence-electron chi connectivity index (χ4n) is 2.39. The first-order valence-corrected chi connectivity index (χ1v) is 7.32. The zero-order valence-corrected chi connectivity index (χ0v) is 12.5. The Kier molecular flexibility index (Phi) is 5.14. The van der Waals surface area contributed by atoms with Crippen molar-refractivity contribution in [2.45, 2.75) is 32.7 Å². The van der Waals surface area contributed by atoms with Crippen molar-refractivity contribution >= 4 is 17.6 Å². The molecule has 2 heterocycles. The van der Waals surface area contributed by atoms with Crippen LogP contribution in [0.5, 0.6) is 0 Å². The van der Waals surface area contributed by atoms with Crippen molar-refractivity contribution in [3.8, 4) is 0 Å². The number of piperidine rings is 1. The van der Waals surface area contributed by atoms with Gasteiger partial charge in [0.15, 0.2) is 0 Å². The first-order valence-electron chi connectivity index (χ1n) is 7.32. The molecule has 21 heavy (non-hydrogen) atoms. The summed E-state index contributed by atoms with van der Waals surface area (Å²) in [6, 6.07) is 3.52. The molecule has 1 aromatic heterocycles. The van der Waals surface area contributed by atoms with Gasteiger partial charge in [0.05, 0.1) is 5.92 Å². The van der Waals surface area contributed by atoms with Gasteiger partial charge in [0.1, 0.15) is 0 Å². The zero-order chi connectivity index (χ0) is 15.2. The Morgan fingerprint density at radius 2 is 2.05 bits per heavy atom. The predicted octanol–water partition coefficient (Wildman–Crippen LogP) is 1.85. The van der Waals surface area contributed by atoms with Crippen molar-refractivity contribution in [2.75, 3.05) is 18.4 Å². The van der Waals surface area contributed by atoms with Crippen LogP contribution in [0.15, 0.2) is 24.5 Å². The van der Waals surface area contributed by atoms with Gasteiger partial charge in [0.25, 0.3) is 0 Å². The number of carbonyl (C=O) groups is 2. The van der Waals surface area contributed by atoms with E-state index in [0.717, 1.165) is 18.5 Å². The van der Waals surface area contributed by atoms with E-state index in [4.69, 9.17) is 0 Å². The number of likely N-dealkylation sites (tertiary alicyclic amines) is 1. The molecule has 0 bridgehead atoms. The van der Waals surface area contributed by atoms with Crippen LogP contribution < -0.4 is 10.6 Å². The van der Waals surface area contributed by atoms with Gasteiger partial charge in [-0.15, -0.1) is 0 Å². The SMILES string of the molecule is CC(C)NC(=O)N1CCC[C@H](C(=O)Nc2ccncc2)C1. The molecule has 6 nitrogen and oxygen atoms in total. The summed E-state index contributed by atoms with van der Waals surface area (Å²) in [5.74, 6) is -0.201. The molecular weight excluding hydrogens is 268 g/mol. The molecule has 6 heteroatoms. The van der Waals surface area contributed by atoms with Gasteiger partial charge < -0.3 is 15.5 Å². The van der Waals surface area contributed by atoms with E-state index >= 15 is 0 Å². The second-order valence-electron chi connectivity index (χ2n) is 5.61. The van der Waals surface area contributed by atoms with E-state index in [1.807, 2.05) is 13.8 Å². The highest BCUT2D eigenvalue weighted by Gasteiger charge is 2.28. The van der Waals surface area contributed by atoms with Crippen LogP contribution in [-0.2, 0) is 4.79 Å². The minimum Gasteiger partial charge on any atom is -0.336 e. The van der Waals surface area contributed by atoms with Crippen molar-refractivity contribution in [3.05, 3.63) is 24.5 Å². The largest absolute Gasteiger partial charge is 0.336 e. The van der Waals surface area contributed by atoms with Crippen LogP contribution in [0.2, 0.25) is 0 Å². The minimum absolute atomic E-state index is 0.0387. The van der Waals surface area contributed by atoms with Crippen molar-refractivity contribution in [1.82, 2.24) is 15.2 Å². The van der Waals surface area contributed by atoms with Crippen LogP contribution in [0, 0.1) is 5.92 Å². The number of rotatable bonds is 3. The average molecular weight is 290 g/mol. The quantitative estimate of drug-likeness (QED) is 0.892. The zero-order valence-electron chi connectivity index (χ0n) is 12.5. The number of nitrogens with one attached hydrogen (secondary N) is 2. The maximum absolute atomic E-state index is 12.3. The Hall–Kier alpha value is -2.11. The molecule has 1 saturated heterocycles. The molecule has 2 rings (SSSR count). The minimum atomic E-state index is -0.162. The number of urea groups is 1. The lowest BCUT2D eigenvalue weighted by atomic mass is 9.97. The van der Waals surface area contributed by atoms with E-state index in [2.05, 4.69) is 15.6 Å². The van der Waals surface area contributed by atoms with Crippen LogP contribution >= 0.6 is 0 Å². The van der Waals surface area contributed by atoms with Crippen molar-refractivity contribution < 1.29 is 9.59 Å². The molecule has 1 aromatic rings. The summed E-state index contributed by atoms with van der Waals surface area (Å²) in [7, 11) is 0. The van der Waals surface area contributed by atoms with Gasteiger partial charge in [-0.2, -0.15) is 0 Å². The Balaban J connectivity index is 1.91. The number of nitrogens with zero attached hydrogens (tertiary/aromatic N) is 2. The first kappa shape index (κ1) is 15.3. The van der Waals surface area contributed by atoms with Gasteiger partial charge >= 0.3 is 6.03 Å². The van der Waals surface area contributed by atoms with Gasteiger partial charge in [0, 0.05) is 37.2 Å². The molecule has 1 atom stereocenters. The molecule has 0 aliphatic carbocycles. The molecule has 1 aliphatic heterocycles. The lowest BCUT2D eigenvalue weighted by Crippen LogP contribution is -2.49. The molecule has 1 aliphatic rings. The Bertz CT molecular complexity index is 490. The van der Waals surface area contributed by atoms with E-state index < -0.39 is 0 Å². The molecule has 114 valence electrons. The molecule has 1 fully saturated rings. The number of aromatic nitrogens is 1. The third-order valence-corrected chi connectivity index (χ3v) is 3.44. The molecule has 0 unspecified atom stereocenters. The van der Waals surface area contributed by atoms with Gasteiger partial charge in [0.2, 0.25) is 5.91 Å². The third-order valence-electron chi connectivity index (χ3n) is 3.44. The molecular formula is C15H22N4O2. The Labute approximate surface area is 124 Å². The highest BCUT2D eigenvalue weighted by Crippen LogP contribution is 2.18. The smallest absolute Gasteiger partial charge is 0.317 e. The second kappa shape index (κ2) is 7.06. The summed E-state index contributed by atoms with van der Waals surface area (Å²) in [4.78, 5) is 29.9. The van der Waals surface area contributed by atoms with E-state index in [1.165, 1.54) is 0 Å². The maximum Gasteiger partial charge on any atom is 0.317 e. The van der Waals surface area contributed by atoms with Crippen molar-refractivity contribution in [3.63, 3.8) is 0 Å². The lowest BCUT2D eigenvalue weighted by molar-refractivity contribution is -0.121. The summed E-state index contributed by atoms with van der Waals surface area (Å²) in [6.07, 6.45) is 4.93. The van der Waals surface area contributed by atoms with E-state index in [1.54, 1.807) is 29.4 Å². The predicted molar refractivity (Wildman–Crippen MR) is 80.8 cm³/mol. The Morgan fingerprint density at radius 1 is 1.33 bits per heavy atom. The van der Waals surface area contributed by atoms with Gasteiger partial charge in [-0.3, -0.25) is 9.78 Å². The fourth-order valence-corrected chi connectivity index (χ4v) is 2.39. The number of hydrogen-bond donors (Lipinski definition) is 2. The summed E-state index contributed by atoms with van der Waals surface area (Å²) in [6.45, 7) is 5.03. The van der Waals surface area contributed by atoms with E-state index in [0.29, 0.717) is 13.1 Å². The Morgan fingerprint density at radius 3 is 2.71 bits per heavy atom. The third kappa shape index (κ3) is 4.44.